The Morgan fingerprint density at radius 3 is 2.45 bits per heavy atom. The molecule has 5 nitrogen and oxygen atoms in total. The summed E-state index contributed by atoms with van der Waals surface area (Å²) in [7, 11) is -3.11. The summed E-state index contributed by atoms with van der Waals surface area (Å²) in [5.74, 6) is -0.621. The van der Waals surface area contributed by atoms with E-state index in [4.69, 9.17) is 0 Å². The van der Waals surface area contributed by atoms with Gasteiger partial charge < -0.3 is 10.2 Å². The fourth-order valence-corrected chi connectivity index (χ4v) is 5.28. The van der Waals surface area contributed by atoms with Crippen LogP contribution in [0.4, 0.5) is 18.0 Å². The van der Waals surface area contributed by atoms with E-state index in [-0.39, 0.29) is 18.1 Å². The molecule has 0 aromatic carbocycles. The first-order valence-corrected chi connectivity index (χ1v) is 9.22. The Labute approximate surface area is 128 Å². The molecule has 128 valence electrons. The molecule has 2 unspecified atom stereocenters. The molecule has 2 heterocycles. The minimum Gasteiger partial charge on any atom is -0.338 e. The fourth-order valence-electron chi connectivity index (χ4n) is 3.18. The van der Waals surface area contributed by atoms with Crippen molar-refractivity contribution in [3.05, 3.63) is 0 Å². The second-order valence-electron chi connectivity index (χ2n) is 6.25. The normalized spacial score (nSPS) is 28.5. The van der Waals surface area contributed by atoms with Crippen LogP contribution in [0.5, 0.6) is 0 Å². The molecular weight excluding hydrogens is 321 g/mol. The first-order chi connectivity index (χ1) is 10.1. The summed E-state index contributed by atoms with van der Waals surface area (Å²) in [6, 6.07) is -0.455. The van der Waals surface area contributed by atoms with Crippen molar-refractivity contribution in [1.82, 2.24) is 10.2 Å². The second-order valence-corrected chi connectivity index (χ2v) is 8.43. The quantitative estimate of drug-likeness (QED) is 0.849. The molecule has 2 fully saturated rings. The van der Waals surface area contributed by atoms with Gasteiger partial charge in [-0.1, -0.05) is 13.3 Å². The molecule has 22 heavy (non-hydrogen) atoms. The monoisotopic (exact) mass is 342 g/mol. The molecule has 0 aliphatic carbocycles. The van der Waals surface area contributed by atoms with Crippen LogP contribution in [0.25, 0.3) is 0 Å². The third-order valence-electron chi connectivity index (χ3n) is 4.62. The summed E-state index contributed by atoms with van der Waals surface area (Å²) in [5, 5.41) is 2.53. The first-order valence-electron chi connectivity index (χ1n) is 7.39. The van der Waals surface area contributed by atoms with Gasteiger partial charge in [0.1, 0.15) is 0 Å². The van der Waals surface area contributed by atoms with Crippen LogP contribution >= 0.6 is 0 Å². The molecule has 2 aliphatic rings. The average Bonchev–Trinajstić information content (AvgIpc) is 2.70. The number of likely N-dealkylation sites (tertiary alicyclic amines) is 1. The van der Waals surface area contributed by atoms with Gasteiger partial charge in [0.2, 0.25) is 0 Å². The molecule has 0 radical (unpaired) electrons. The van der Waals surface area contributed by atoms with Gasteiger partial charge in [0.15, 0.2) is 9.84 Å². The molecule has 0 saturated carbocycles. The first kappa shape index (κ1) is 17.4. The average molecular weight is 342 g/mol. The van der Waals surface area contributed by atoms with Crippen molar-refractivity contribution >= 4 is 15.9 Å². The van der Waals surface area contributed by atoms with Crippen LogP contribution in [-0.2, 0) is 9.84 Å². The van der Waals surface area contributed by atoms with E-state index in [9.17, 15) is 26.4 Å². The highest BCUT2D eigenvalue weighted by Crippen LogP contribution is 2.40. The third kappa shape index (κ3) is 3.85. The highest BCUT2D eigenvalue weighted by Gasteiger charge is 2.54. The van der Waals surface area contributed by atoms with Gasteiger partial charge in [-0.15, -0.1) is 0 Å². The molecule has 2 saturated heterocycles. The zero-order chi connectivity index (χ0) is 16.6. The summed E-state index contributed by atoms with van der Waals surface area (Å²) in [4.78, 5) is 13.6. The van der Waals surface area contributed by atoms with E-state index in [0.29, 0.717) is 25.8 Å². The minimum atomic E-state index is -4.25. The lowest BCUT2D eigenvalue weighted by atomic mass is 9.84. The van der Waals surface area contributed by atoms with Gasteiger partial charge in [-0.05, 0) is 18.8 Å². The van der Waals surface area contributed by atoms with Crippen LogP contribution in [0.3, 0.4) is 0 Å². The number of rotatable bonds is 4. The lowest BCUT2D eigenvalue weighted by Gasteiger charge is -2.49. The Balaban J connectivity index is 1.88. The van der Waals surface area contributed by atoms with Gasteiger partial charge in [-0.2, -0.15) is 13.2 Å². The zero-order valence-corrected chi connectivity index (χ0v) is 13.3. The van der Waals surface area contributed by atoms with Crippen molar-refractivity contribution in [1.29, 1.82) is 0 Å². The summed E-state index contributed by atoms with van der Waals surface area (Å²) in [6.07, 6.45) is -3.80. The van der Waals surface area contributed by atoms with Crippen molar-refractivity contribution in [3.8, 4) is 0 Å². The Kier molecular flexibility index (Phi) is 4.66. The number of halogens is 3. The molecule has 2 aliphatic heterocycles. The number of amides is 2. The topological polar surface area (TPSA) is 66.5 Å². The van der Waals surface area contributed by atoms with Crippen molar-refractivity contribution in [3.63, 3.8) is 0 Å². The largest absolute Gasteiger partial charge is 0.389 e. The highest BCUT2D eigenvalue weighted by molar-refractivity contribution is 7.91. The number of sulfone groups is 1. The zero-order valence-electron chi connectivity index (χ0n) is 12.4. The summed E-state index contributed by atoms with van der Waals surface area (Å²) in [5.41, 5.74) is -0.630. The summed E-state index contributed by atoms with van der Waals surface area (Å²) >= 11 is 0. The van der Waals surface area contributed by atoms with Crippen molar-refractivity contribution in [2.24, 2.45) is 5.92 Å². The van der Waals surface area contributed by atoms with E-state index in [1.807, 2.05) is 0 Å². The highest BCUT2D eigenvalue weighted by atomic mass is 32.2. The maximum Gasteiger partial charge on any atom is 0.389 e. The molecule has 2 atom stereocenters. The molecular formula is C13H21F3N2O3S. The Morgan fingerprint density at radius 1 is 1.36 bits per heavy atom. The molecule has 2 amide bonds. The van der Waals surface area contributed by atoms with Crippen molar-refractivity contribution < 1.29 is 26.4 Å². The number of urea groups is 1. The Bertz CT molecular complexity index is 535. The van der Waals surface area contributed by atoms with Crippen molar-refractivity contribution in [2.75, 3.05) is 24.6 Å². The van der Waals surface area contributed by atoms with Gasteiger partial charge in [0.25, 0.3) is 0 Å². The predicted octanol–water partition coefficient (Wildman–Crippen LogP) is 1.94. The van der Waals surface area contributed by atoms with Gasteiger partial charge >= 0.3 is 12.2 Å². The Hall–Kier alpha value is -0.990. The number of nitrogens with one attached hydrogen (secondary N) is 1. The Morgan fingerprint density at radius 2 is 2.05 bits per heavy atom. The lowest BCUT2D eigenvalue weighted by molar-refractivity contribution is -0.144. The van der Waals surface area contributed by atoms with E-state index in [1.54, 1.807) is 6.92 Å². The van der Waals surface area contributed by atoms with Crippen LogP contribution < -0.4 is 5.32 Å². The predicted molar refractivity (Wildman–Crippen MR) is 75.2 cm³/mol. The van der Waals surface area contributed by atoms with E-state index >= 15 is 0 Å². The van der Waals surface area contributed by atoms with Crippen molar-refractivity contribution in [2.45, 2.75) is 44.3 Å². The van der Waals surface area contributed by atoms with Gasteiger partial charge in [-0.3, -0.25) is 0 Å². The van der Waals surface area contributed by atoms with E-state index in [1.165, 1.54) is 4.90 Å². The molecule has 9 heteroatoms. The summed E-state index contributed by atoms with van der Waals surface area (Å²) < 4.78 is 60.4. The lowest BCUT2D eigenvalue weighted by Crippen LogP contribution is -2.65. The smallest absolute Gasteiger partial charge is 0.338 e. The van der Waals surface area contributed by atoms with Gasteiger partial charge in [-0.25, -0.2) is 13.2 Å². The number of hydrogen-bond acceptors (Lipinski definition) is 3. The van der Waals surface area contributed by atoms with E-state index < -0.39 is 39.9 Å². The number of nitrogens with zero attached hydrogens (tertiary/aromatic N) is 1. The SMILES string of the molecule is CCC(CNC(=O)N1CCC12CCS(=O)(=O)C2)CC(F)(F)F. The molecule has 1 spiro atoms. The van der Waals surface area contributed by atoms with Crippen LogP contribution in [-0.4, -0.2) is 55.7 Å². The standard InChI is InChI=1S/C13H21F3N2O3S/c1-2-10(7-13(14,15)16)8-17-11(19)18-5-3-12(18)4-6-22(20,21)9-12/h10H,2-9H2,1H3,(H,17,19). The van der Waals surface area contributed by atoms with Crippen LogP contribution in [0.15, 0.2) is 0 Å². The van der Waals surface area contributed by atoms with Crippen LogP contribution in [0.1, 0.15) is 32.6 Å². The third-order valence-corrected chi connectivity index (χ3v) is 6.43. The molecule has 1 N–H and O–H groups in total. The molecule has 0 bridgehead atoms. The van der Waals surface area contributed by atoms with E-state index in [0.717, 1.165) is 0 Å². The minimum absolute atomic E-state index is 0.0345. The molecule has 0 aromatic heterocycles. The van der Waals surface area contributed by atoms with E-state index in [2.05, 4.69) is 5.32 Å². The number of carbonyl (C=O) groups is 1. The molecule has 0 aromatic rings. The number of alkyl halides is 3. The fraction of sp³-hybridized carbons (Fsp3) is 0.923. The number of hydrogen-bond donors (Lipinski definition) is 1. The maximum atomic E-state index is 12.4. The summed E-state index contributed by atoms with van der Waals surface area (Å²) in [6.45, 7) is 2.06. The van der Waals surface area contributed by atoms with Gasteiger partial charge in [0, 0.05) is 19.5 Å². The number of carbonyl (C=O) groups excluding carboxylic acids is 1. The second kappa shape index (κ2) is 5.90. The molecule has 2 rings (SSSR count). The van der Waals surface area contributed by atoms with Gasteiger partial charge in [0.05, 0.1) is 17.0 Å². The maximum absolute atomic E-state index is 12.4. The van der Waals surface area contributed by atoms with Crippen LogP contribution in [0.2, 0.25) is 0 Å². The van der Waals surface area contributed by atoms with Crippen LogP contribution in [0, 0.1) is 5.92 Å².